The lowest BCUT2D eigenvalue weighted by Crippen LogP contribution is -2.05. The Hall–Kier alpha value is -1.52. The first-order valence-corrected chi connectivity index (χ1v) is 5.87. The minimum absolute atomic E-state index is 0.0424. The molecule has 1 nitrogen and oxygen atoms in total. The van der Waals surface area contributed by atoms with E-state index >= 15 is 0 Å². The SMILES string of the molecule is Cc1cc(C(O)c2cccc(F)c2F)c(Cl)cc1F. The van der Waals surface area contributed by atoms with E-state index < -0.39 is 23.6 Å². The lowest BCUT2D eigenvalue weighted by molar-refractivity contribution is 0.213. The molecule has 1 N–H and O–H groups in total. The van der Waals surface area contributed by atoms with Gasteiger partial charge in [-0.1, -0.05) is 23.7 Å². The number of aliphatic hydroxyl groups excluding tert-OH is 1. The third kappa shape index (κ3) is 2.60. The van der Waals surface area contributed by atoms with Crippen molar-refractivity contribution in [1.29, 1.82) is 0 Å². The molecule has 0 saturated heterocycles. The molecule has 1 unspecified atom stereocenters. The summed E-state index contributed by atoms with van der Waals surface area (Å²) >= 11 is 5.82. The van der Waals surface area contributed by atoms with Gasteiger partial charge in [0.2, 0.25) is 0 Å². The second-order valence-corrected chi connectivity index (χ2v) is 4.58. The Labute approximate surface area is 113 Å². The molecule has 0 aromatic heterocycles. The summed E-state index contributed by atoms with van der Waals surface area (Å²) < 4.78 is 40.0. The number of aryl methyl sites for hydroxylation is 1. The summed E-state index contributed by atoms with van der Waals surface area (Å²) in [4.78, 5) is 0. The topological polar surface area (TPSA) is 20.2 Å². The standard InChI is InChI=1S/C14H10ClF3O/c1-7-5-9(10(15)6-12(7)17)14(19)8-3-2-4-11(16)13(8)18/h2-6,14,19H,1H3. The maximum atomic E-state index is 13.6. The molecule has 0 bridgehead atoms. The molecule has 5 heteroatoms. The summed E-state index contributed by atoms with van der Waals surface area (Å²) in [6.45, 7) is 1.49. The van der Waals surface area contributed by atoms with Crippen molar-refractivity contribution >= 4 is 11.6 Å². The zero-order chi connectivity index (χ0) is 14.2. The van der Waals surface area contributed by atoms with E-state index in [1.807, 2.05) is 0 Å². The molecule has 0 heterocycles. The third-order valence-electron chi connectivity index (χ3n) is 2.85. The Morgan fingerprint density at radius 3 is 2.42 bits per heavy atom. The fraction of sp³-hybridized carbons (Fsp3) is 0.143. The van der Waals surface area contributed by atoms with Gasteiger partial charge in [0.25, 0.3) is 0 Å². The molecule has 0 radical (unpaired) electrons. The van der Waals surface area contributed by atoms with Crippen LogP contribution in [0.15, 0.2) is 30.3 Å². The molecule has 0 amide bonds. The molecule has 0 spiro atoms. The summed E-state index contributed by atoms with van der Waals surface area (Å²) in [5.41, 5.74) is 0.147. The Morgan fingerprint density at radius 2 is 1.74 bits per heavy atom. The monoisotopic (exact) mass is 286 g/mol. The highest BCUT2D eigenvalue weighted by Gasteiger charge is 2.20. The van der Waals surface area contributed by atoms with Crippen LogP contribution in [0, 0.1) is 24.4 Å². The zero-order valence-corrected chi connectivity index (χ0v) is 10.7. The maximum Gasteiger partial charge on any atom is 0.164 e. The highest BCUT2D eigenvalue weighted by Crippen LogP contribution is 2.32. The van der Waals surface area contributed by atoms with Crippen molar-refractivity contribution in [3.8, 4) is 0 Å². The van der Waals surface area contributed by atoms with Gasteiger partial charge >= 0.3 is 0 Å². The fourth-order valence-electron chi connectivity index (χ4n) is 1.79. The molecular weight excluding hydrogens is 277 g/mol. The highest BCUT2D eigenvalue weighted by molar-refractivity contribution is 6.31. The van der Waals surface area contributed by atoms with Crippen LogP contribution < -0.4 is 0 Å². The van der Waals surface area contributed by atoms with Crippen molar-refractivity contribution in [3.05, 3.63) is 69.5 Å². The van der Waals surface area contributed by atoms with Gasteiger partial charge < -0.3 is 5.11 Å². The minimum atomic E-state index is -1.46. The molecule has 0 aliphatic carbocycles. The molecule has 2 aromatic carbocycles. The van der Waals surface area contributed by atoms with Gasteiger partial charge in [-0.2, -0.15) is 0 Å². The fourth-order valence-corrected chi connectivity index (χ4v) is 2.04. The second kappa shape index (κ2) is 5.23. The minimum Gasteiger partial charge on any atom is -0.383 e. The summed E-state index contributed by atoms with van der Waals surface area (Å²) in [6.07, 6.45) is -1.46. The van der Waals surface area contributed by atoms with Crippen LogP contribution in [0.2, 0.25) is 5.02 Å². The third-order valence-corrected chi connectivity index (χ3v) is 3.18. The van der Waals surface area contributed by atoms with Gasteiger partial charge in [-0.15, -0.1) is 0 Å². The van der Waals surface area contributed by atoms with E-state index in [0.717, 1.165) is 12.1 Å². The van der Waals surface area contributed by atoms with Crippen molar-refractivity contribution in [2.75, 3.05) is 0 Å². The molecular formula is C14H10ClF3O. The highest BCUT2D eigenvalue weighted by atomic mass is 35.5. The maximum absolute atomic E-state index is 13.6. The van der Waals surface area contributed by atoms with Gasteiger partial charge in [0, 0.05) is 16.1 Å². The van der Waals surface area contributed by atoms with Crippen molar-refractivity contribution in [2.24, 2.45) is 0 Å². The van der Waals surface area contributed by atoms with Gasteiger partial charge in [-0.3, -0.25) is 0 Å². The summed E-state index contributed by atoms with van der Waals surface area (Å²) in [5.74, 6) is -2.74. The van der Waals surface area contributed by atoms with Crippen LogP contribution in [0.1, 0.15) is 22.8 Å². The first kappa shape index (κ1) is 13.9. The molecule has 0 fully saturated rings. The Morgan fingerprint density at radius 1 is 1.05 bits per heavy atom. The van der Waals surface area contributed by atoms with E-state index in [9.17, 15) is 18.3 Å². The van der Waals surface area contributed by atoms with Crippen LogP contribution in [0.4, 0.5) is 13.2 Å². The summed E-state index contributed by atoms with van der Waals surface area (Å²) in [7, 11) is 0. The molecule has 2 rings (SSSR count). The molecule has 0 saturated carbocycles. The predicted octanol–water partition coefficient (Wildman–Crippen LogP) is 4.15. The summed E-state index contributed by atoms with van der Waals surface area (Å²) in [6, 6.07) is 5.82. The largest absolute Gasteiger partial charge is 0.383 e. The molecule has 19 heavy (non-hydrogen) atoms. The first-order chi connectivity index (χ1) is 8.91. The Kier molecular flexibility index (Phi) is 3.83. The number of hydrogen-bond acceptors (Lipinski definition) is 1. The smallest absolute Gasteiger partial charge is 0.164 e. The van der Waals surface area contributed by atoms with E-state index in [1.54, 1.807) is 0 Å². The molecule has 100 valence electrons. The normalized spacial score (nSPS) is 12.5. The predicted molar refractivity (Wildman–Crippen MR) is 66.6 cm³/mol. The van der Waals surface area contributed by atoms with Crippen molar-refractivity contribution in [3.63, 3.8) is 0 Å². The zero-order valence-electron chi connectivity index (χ0n) is 9.92. The van der Waals surface area contributed by atoms with Crippen LogP contribution >= 0.6 is 11.6 Å². The van der Waals surface area contributed by atoms with Crippen LogP contribution in [-0.4, -0.2) is 5.11 Å². The van der Waals surface area contributed by atoms with Crippen LogP contribution in [0.3, 0.4) is 0 Å². The molecule has 0 aliphatic rings. The van der Waals surface area contributed by atoms with E-state index in [-0.39, 0.29) is 21.7 Å². The van der Waals surface area contributed by atoms with Crippen molar-refractivity contribution in [1.82, 2.24) is 0 Å². The van der Waals surface area contributed by atoms with E-state index in [4.69, 9.17) is 11.6 Å². The average Bonchev–Trinajstić information content (AvgIpc) is 2.36. The Balaban J connectivity index is 2.53. The van der Waals surface area contributed by atoms with Crippen molar-refractivity contribution in [2.45, 2.75) is 13.0 Å². The van der Waals surface area contributed by atoms with E-state index in [0.29, 0.717) is 0 Å². The van der Waals surface area contributed by atoms with Gasteiger partial charge in [0.05, 0.1) is 0 Å². The number of aliphatic hydroxyl groups is 1. The van der Waals surface area contributed by atoms with Crippen LogP contribution in [0.25, 0.3) is 0 Å². The molecule has 1 atom stereocenters. The van der Waals surface area contributed by atoms with Gasteiger partial charge in [0.1, 0.15) is 11.9 Å². The lowest BCUT2D eigenvalue weighted by Gasteiger charge is -2.15. The van der Waals surface area contributed by atoms with Gasteiger partial charge in [-0.25, -0.2) is 13.2 Å². The van der Waals surface area contributed by atoms with E-state index in [1.165, 1.54) is 25.1 Å². The van der Waals surface area contributed by atoms with Crippen molar-refractivity contribution < 1.29 is 18.3 Å². The average molecular weight is 287 g/mol. The quantitative estimate of drug-likeness (QED) is 0.879. The number of halogens is 4. The molecule has 2 aromatic rings. The first-order valence-electron chi connectivity index (χ1n) is 5.49. The summed E-state index contributed by atoms with van der Waals surface area (Å²) in [5, 5.41) is 10.0. The van der Waals surface area contributed by atoms with Crippen LogP contribution in [-0.2, 0) is 0 Å². The Bertz CT molecular complexity index is 628. The van der Waals surface area contributed by atoms with Gasteiger partial charge in [0.15, 0.2) is 11.6 Å². The van der Waals surface area contributed by atoms with Gasteiger partial charge in [-0.05, 0) is 30.7 Å². The number of hydrogen-bond donors (Lipinski definition) is 1. The van der Waals surface area contributed by atoms with Crippen LogP contribution in [0.5, 0.6) is 0 Å². The lowest BCUT2D eigenvalue weighted by atomic mass is 9.99. The number of benzene rings is 2. The van der Waals surface area contributed by atoms with E-state index in [2.05, 4.69) is 0 Å². The molecule has 0 aliphatic heterocycles. The second-order valence-electron chi connectivity index (χ2n) is 4.17. The number of rotatable bonds is 2.